The van der Waals surface area contributed by atoms with E-state index in [0.717, 1.165) is 6.07 Å². The summed E-state index contributed by atoms with van der Waals surface area (Å²) in [5.41, 5.74) is 0.725. The molecule has 0 saturated carbocycles. The fourth-order valence-corrected chi connectivity index (χ4v) is 4.40. The van der Waals surface area contributed by atoms with Crippen molar-refractivity contribution >= 4 is 11.6 Å². The summed E-state index contributed by atoms with van der Waals surface area (Å²) in [6.45, 7) is 3.29. The van der Waals surface area contributed by atoms with Gasteiger partial charge in [0.05, 0.1) is 5.56 Å². The van der Waals surface area contributed by atoms with Crippen LogP contribution in [0.25, 0.3) is 0 Å². The lowest BCUT2D eigenvalue weighted by atomic mass is 9.74. The van der Waals surface area contributed by atoms with Crippen molar-refractivity contribution in [2.75, 3.05) is 0 Å². The van der Waals surface area contributed by atoms with Crippen molar-refractivity contribution in [1.82, 2.24) is 5.32 Å². The van der Waals surface area contributed by atoms with Crippen molar-refractivity contribution in [3.05, 3.63) is 130 Å². The van der Waals surface area contributed by atoms with Crippen molar-refractivity contribution in [3.8, 4) is 0 Å². The topological polar surface area (TPSA) is 46.2 Å². The van der Waals surface area contributed by atoms with Crippen LogP contribution in [0.4, 0.5) is 13.2 Å². The molecule has 1 aliphatic heterocycles. The third-order valence-electron chi connectivity index (χ3n) is 5.90. The van der Waals surface area contributed by atoms with Gasteiger partial charge in [0.15, 0.2) is 11.6 Å². The maximum absolute atomic E-state index is 14.1. The SMILES string of the molecule is CC1=C(C(=O)c2ccccc2)C(c2ccccc2C(F)(F)F)C(C(=O)c2ccccc2)=C(C)N1. The molecule has 0 spiro atoms. The zero-order valence-electron chi connectivity index (χ0n) is 18.6. The number of Topliss-reactive ketones (excluding diaryl/α,β-unsaturated/α-hetero) is 2. The van der Waals surface area contributed by atoms with Gasteiger partial charge in [0.25, 0.3) is 0 Å². The molecule has 3 nitrogen and oxygen atoms in total. The third kappa shape index (κ3) is 4.31. The monoisotopic (exact) mass is 461 g/mol. The standard InChI is InChI=1S/C28H22F3NO2/c1-17-23(26(33)19-11-5-3-6-12-19)25(21-15-9-10-16-22(21)28(29,30)31)24(18(2)32-17)27(34)20-13-7-4-8-14-20/h3-16,25,32H,1-2H3. The summed E-state index contributed by atoms with van der Waals surface area (Å²) in [7, 11) is 0. The number of alkyl halides is 3. The summed E-state index contributed by atoms with van der Waals surface area (Å²) >= 11 is 0. The second kappa shape index (κ2) is 9.14. The van der Waals surface area contributed by atoms with Crippen molar-refractivity contribution in [1.29, 1.82) is 0 Å². The molecule has 0 bridgehead atoms. The van der Waals surface area contributed by atoms with Crippen LogP contribution in [0.2, 0.25) is 0 Å². The average molecular weight is 461 g/mol. The molecule has 0 aliphatic carbocycles. The minimum Gasteiger partial charge on any atom is -0.362 e. The van der Waals surface area contributed by atoms with Crippen LogP contribution in [-0.4, -0.2) is 11.6 Å². The van der Waals surface area contributed by atoms with Crippen LogP contribution in [0.15, 0.2) is 107 Å². The fourth-order valence-electron chi connectivity index (χ4n) is 4.40. The summed E-state index contributed by atoms with van der Waals surface area (Å²) in [5.74, 6) is -2.06. The average Bonchev–Trinajstić information content (AvgIpc) is 2.83. The highest BCUT2D eigenvalue weighted by Gasteiger charge is 2.42. The summed E-state index contributed by atoms with van der Waals surface area (Å²) in [4.78, 5) is 27.3. The molecular weight excluding hydrogens is 439 g/mol. The maximum Gasteiger partial charge on any atom is 0.416 e. The molecule has 0 atom stereocenters. The van der Waals surface area contributed by atoms with Gasteiger partial charge >= 0.3 is 6.18 Å². The zero-order chi connectivity index (χ0) is 24.5. The van der Waals surface area contributed by atoms with Crippen molar-refractivity contribution in [2.45, 2.75) is 25.9 Å². The van der Waals surface area contributed by atoms with Gasteiger partial charge < -0.3 is 5.32 Å². The Balaban J connectivity index is 1.98. The van der Waals surface area contributed by atoms with Gasteiger partial charge in [-0.1, -0.05) is 78.9 Å². The first-order chi connectivity index (χ1) is 16.2. The van der Waals surface area contributed by atoms with Crippen molar-refractivity contribution in [2.24, 2.45) is 0 Å². The Bertz CT molecular complexity index is 1230. The largest absolute Gasteiger partial charge is 0.416 e. The van der Waals surface area contributed by atoms with E-state index >= 15 is 0 Å². The molecule has 0 amide bonds. The molecule has 4 rings (SSSR count). The number of carbonyl (C=O) groups is 2. The van der Waals surface area contributed by atoms with E-state index in [1.165, 1.54) is 18.2 Å². The summed E-state index contributed by atoms with van der Waals surface area (Å²) in [5, 5.41) is 3.07. The quantitative estimate of drug-likeness (QED) is 0.430. The van der Waals surface area contributed by atoms with E-state index in [1.54, 1.807) is 74.5 Å². The third-order valence-corrected chi connectivity index (χ3v) is 5.90. The molecule has 0 fully saturated rings. The minimum absolute atomic E-state index is 0.118. The van der Waals surface area contributed by atoms with Crippen LogP contribution in [0.3, 0.4) is 0 Å². The first kappa shape index (κ1) is 23.2. The van der Waals surface area contributed by atoms with Crippen LogP contribution in [0, 0.1) is 0 Å². The highest BCUT2D eigenvalue weighted by atomic mass is 19.4. The molecule has 3 aromatic rings. The second-order valence-electron chi connectivity index (χ2n) is 8.11. The Hall–Kier alpha value is -3.93. The zero-order valence-corrected chi connectivity index (χ0v) is 18.6. The predicted molar refractivity (Wildman–Crippen MR) is 124 cm³/mol. The Morgan fingerprint density at radius 3 is 1.53 bits per heavy atom. The molecule has 0 unspecified atom stereocenters. The first-order valence-corrected chi connectivity index (χ1v) is 10.7. The van der Waals surface area contributed by atoms with Gasteiger partial charge in [-0.25, -0.2) is 0 Å². The molecule has 172 valence electrons. The van der Waals surface area contributed by atoms with E-state index in [-0.39, 0.29) is 16.7 Å². The van der Waals surface area contributed by atoms with E-state index in [4.69, 9.17) is 0 Å². The number of halogens is 3. The highest BCUT2D eigenvalue weighted by molar-refractivity contribution is 6.16. The first-order valence-electron chi connectivity index (χ1n) is 10.7. The van der Waals surface area contributed by atoms with E-state index in [0.29, 0.717) is 22.5 Å². The highest BCUT2D eigenvalue weighted by Crippen LogP contribution is 2.45. The number of hydrogen-bond donors (Lipinski definition) is 1. The number of nitrogens with one attached hydrogen (secondary N) is 1. The molecule has 1 aliphatic rings. The summed E-state index contributed by atoms with van der Waals surface area (Å²) < 4.78 is 42.2. The predicted octanol–water partition coefficient (Wildman–Crippen LogP) is 6.71. The molecule has 0 saturated heterocycles. The van der Waals surface area contributed by atoms with Crippen LogP contribution in [0.5, 0.6) is 0 Å². The Kier molecular flexibility index (Phi) is 6.24. The molecule has 6 heteroatoms. The van der Waals surface area contributed by atoms with E-state index in [9.17, 15) is 22.8 Å². The van der Waals surface area contributed by atoms with E-state index in [2.05, 4.69) is 5.32 Å². The van der Waals surface area contributed by atoms with E-state index in [1.807, 2.05) is 0 Å². The number of ketones is 2. The number of dihydropyridines is 1. The molecular formula is C28H22F3NO2. The molecule has 0 aromatic heterocycles. The van der Waals surface area contributed by atoms with E-state index < -0.39 is 29.2 Å². The molecule has 34 heavy (non-hydrogen) atoms. The summed E-state index contributed by atoms with van der Waals surface area (Å²) in [6.07, 6.45) is -4.66. The number of carbonyl (C=O) groups excluding carboxylic acids is 2. The van der Waals surface area contributed by atoms with Crippen LogP contribution < -0.4 is 5.32 Å². The van der Waals surface area contributed by atoms with Crippen molar-refractivity contribution < 1.29 is 22.8 Å². The number of hydrogen-bond acceptors (Lipinski definition) is 3. The smallest absolute Gasteiger partial charge is 0.362 e. The van der Waals surface area contributed by atoms with Gasteiger partial charge in [0, 0.05) is 39.6 Å². The normalized spacial score (nSPS) is 14.7. The lowest BCUT2D eigenvalue weighted by Gasteiger charge is -2.33. The molecule has 1 N–H and O–H groups in total. The van der Waals surface area contributed by atoms with Crippen LogP contribution >= 0.6 is 0 Å². The minimum atomic E-state index is -4.66. The van der Waals surface area contributed by atoms with Crippen molar-refractivity contribution in [3.63, 3.8) is 0 Å². The van der Waals surface area contributed by atoms with Crippen LogP contribution in [0.1, 0.15) is 51.6 Å². The van der Waals surface area contributed by atoms with Gasteiger partial charge in [-0.15, -0.1) is 0 Å². The number of allylic oxidation sites excluding steroid dienone is 4. The Morgan fingerprint density at radius 2 is 1.09 bits per heavy atom. The number of rotatable bonds is 5. The maximum atomic E-state index is 14.1. The fraction of sp³-hybridized carbons (Fsp3) is 0.143. The Labute approximate surface area is 195 Å². The molecule has 0 radical (unpaired) electrons. The van der Waals surface area contributed by atoms with Gasteiger partial charge in [0.2, 0.25) is 0 Å². The Morgan fingerprint density at radius 1 is 0.676 bits per heavy atom. The van der Waals surface area contributed by atoms with Gasteiger partial charge in [-0.05, 0) is 25.5 Å². The molecule has 1 heterocycles. The molecule has 3 aromatic carbocycles. The van der Waals surface area contributed by atoms with Gasteiger partial charge in [0.1, 0.15) is 0 Å². The lowest BCUT2D eigenvalue weighted by molar-refractivity contribution is -0.138. The summed E-state index contributed by atoms with van der Waals surface area (Å²) in [6, 6.07) is 21.8. The second-order valence-corrected chi connectivity index (χ2v) is 8.11. The van der Waals surface area contributed by atoms with Gasteiger partial charge in [-0.3, -0.25) is 9.59 Å². The van der Waals surface area contributed by atoms with Crippen LogP contribution in [-0.2, 0) is 6.18 Å². The van der Waals surface area contributed by atoms with Gasteiger partial charge in [-0.2, -0.15) is 13.2 Å². The lowest BCUT2D eigenvalue weighted by Crippen LogP contribution is -2.32. The number of benzene rings is 3.